The summed E-state index contributed by atoms with van der Waals surface area (Å²) in [5.41, 5.74) is 2.47. The molecule has 3 aromatic rings. The summed E-state index contributed by atoms with van der Waals surface area (Å²) in [4.78, 5) is 8.69. The summed E-state index contributed by atoms with van der Waals surface area (Å²) >= 11 is 0. The second-order valence-corrected chi connectivity index (χ2v) is 6.79. The van der Waals surface area contributed by atoms with Gasteiger partial charge in [-0.2, -0.15) is 0 Å². The topological polar surface area (TPSA) is 90.1 Å². The number of rotatable bonds is 9. The van der Waals surface area contributed by atoms with Gasteiger partial charge in [0.05, 0.1) is 27.0 Å². The Balaban J connectivity index is 0.00000385. The summed E-state index contributed by atoms with van der Waals surface area (Å²) in [7, 11) is 6.44. The summed E-state index contributed by atoms with van der Waals surface area (Å²) in [6.07, 6.45) is 2.24. The average Bonchev–Trinajstić information content (AvgIpc) is 3.29. The lowest BCUT2D eigenvalue weighted by Gasteiger charge is -2.15. The van der Waals surface area contributed by atoms with Crippen molar-refractivity contribution in [2.45, 2.75) is 13.0 Å². The molecule has 0 aliphatic carbocycles. The monoisotopic (exact) mass is 570 g/mol. The van der Waals surface area contributed by atoms with Crippen LogP contribution in [0.25, 0.3) is 11.5 Å². The van der Waals surface area contributed by atoms with Gasteiger partial charge in [-0.3, -0.25) is 4.99 Å². The maximum Gasteiger partial charge on any atom is 0.226 e. The van der Waals surface area contributed by atoms with E-state index in [4.69, 9.17) is 18.6 Å². The first-order valence-electron chi connectivity index (χ1n) is 10.0. The van der Waals surface area contributed by atoms with E-state index >= 15 is 0 Å². The second kappa shape index (κ2) is 12.9. The predicted octanol–water partition coefficient (Wildman–Crippen LogP) is 4.03. The number of oxazole rings is 1. The molecule has 33 heavy (non-hydrogen) atoms. The van der Waals surface area contributed by atoms with Gasteiger partial charge in [0, 0.05) is 32.1 Å². The second-order valence-electron chi connectivity index (χ2n) is 6.79. The van der Waals surface area contributed by atoms with Crippen LogP contribution >= 0.6 is 24.0 Å². The lowest BCUT2D eigenvalue weighted by molar-refractivity contribution is 0.323. The number of hydrogen-bond donors (Lipinski definition) is 2. The first-order chi connectivity index (χ1) is 15.6. The van der Waals surface area contributed by atoms with Crippen LogP contribution in [0.3, 0.4) is 0 Å². The highest BCUT2D eigenvalue weighted by atomic mass is 127. The molecule has 10 heteroatoms. The SMILES string of the molecule is CN=C(NCCc1coc(-c2ccc(F)cc2)n1)NCc1cc(OC)c(OC)c(OC)c1.I. The zero-order valence-electron chi connectivity index (χ0n) is 19.0. The molecule has 0 saturated heterocycles. The van der Waals surface area contributed by atoms with Gasteiger partial charge in [0.2, 0.25) is 11.6 Å². The predicted molar refractivity (Wildman–Crippen MR) is 135 cm³/mol. The van der Waals surface area contributed by atoms with Crippen LogP contribution in [0.5, 0.6) is 17.2 Å². The molecule has 0 aliphatic rings. The highest BCUT2D eigenvalue weighted by Gasteiger charge is 2.13. The fraction of sp³-hybridized carbons (Fsp3) is 0.304. The number of halogens is 2. The third kappa shape index (κ3) is 6.98. The summed E-state index contributed by atoms with van der Waals surface area (Å²) in [6.45, 7) is 1.11. The number of aliphatic imine (C=N–C) groups is 1. The zero-order valence-corrected chi connectivity index (χ0v) is 21.3. The molecule has 8 nitrogen and oxygen atoms in total. The largest absolute Gasteiger partial charge is 0.493 e. The van der Waals surface area contributed by atoms with E-state index in [0.717, 1.165) is 16.8 Å². The quantitative estimate of drug-likeness (QED) is 0.228. The maximum atomic E-state index is 13.1. The van der Waals surface area contributed by atoms with Crippen LogP contribution in [0.15, 0.2) is 52.1 Å². The Labute approximate surface area is 209 Å². The average molecular weight is 570 g/mol. The Hall–Kier alpha value is -3.02. The van der Waals surface area contributed by atoms with Crippen molar-refractivity contribution in [3.05, 3.63) is 59.7 Å². The molecule has 0 fully saturated rings. The number of hydrogen-bond acceptors (Lipinski definition) is 6. The molecular weight excluding hydrogens is 542 g/mol. The number of nitrogens with one attached hydrogen (secondary N) is 2. The van der Waals surface area contributed by atoms with E-state index in [0.29, 0.717) is 48.6 Å². The molecule has 0 unspecified atom stereocenters. The number of benzene rings is 2. The van der Waals surface area contributed by atoms with Crippen molar-refractivity contribution in [1.82, 2.24) is 15.6 Å². The minimum absolute atomic E-state index is 0. The van der Waals surface area contributed by atoms with Gasteiger partial charge >= 0.3 is 0 Å². The van der Waals surface area contributed by atoms with Gasteiger partial charge in [0.1, 0.15) is 12.1 Å². The van der Waals surface area contributed by atoms with Gasteiger partial charge in [-0.15, -0.1) is 24.0 Å². The minimum atomic E-state index is -0.296. The van der Waals surface area contributed by atoms with E-state index in [2.05, 4.69) is 20.6 Å². The fourth-order valence-electron chi connectivity index (χ4n) is 3.10. The van der Waals surface area contributed by atoms with Crippen LogP contribution in [-0.4, -0.2) is 45.9 Å². The first kappa shape index (κ1) is 26.2. The van der Waals surface area contributed by atoms with Crippen molar-refractivity contribution in [2.24, 2.45) is 4.99 Å². The Bertz CT molecular complexity index is 1030. The molecule has 0 amide bonds. The minimum Gasteiger partial charge on any atom is -0.493 e. The Kier molecular flexibility index (Phi) is 10.2. The van der Waals surface area contributed by atoms with Crippen LogP contribution in [0, 0.1) is 5.82 Å². The fourth-order valence-corrected chi connectivity index (χ4v) is 3.10. The van der Waals surface area contributed by atoms with Crippen LogP contribution < -0.4 is 24.8 Å². The molecule has 1 aromatic heterocycles. The molecule has 2 N–H and O–H groups in total. The third-order valence-corrected chi connectivity index (χ3v) is 4.72. The molecular formula is C23H28FIN4O4. The van der Waals surface area contributed by atoms with E-state index in [-0.39, 0.29) is 29.8 Å². The molecule has 1 heterocycles. The van der Waals surface area contributed by atoms with Gasteiger partial charge < -0.3 is 29.3 Å². The Morgan fingerprint density at radius 3 is 2.27 bits per heavy atom. The Morgan fingerprint density at radius 2 is 1.70 bits per heavy atom. The number of nitrogens with zero attached hydrogens (tertiary/aromatic N) is 2. The molecule has 0 radical (unpaired) electrons. The molecule has 0 saturated carbocycles. The van der Waals surface area contributed by atoms with Crippen molar-refractivity contribution >= 4 is 29.9 Å². The van der Waals surface area contributed by atoms with Crippen molar-refractivity contribution in [1.29, 1.82) is 0 Å². The van der Waals surface area contributed by atoms with Crippen molar-refractivity contribution < 1.29 is 23.0 Å². The zero-order chi connectivity index (χ0) is 22.9. The van der Waals surface area contributed by atoms with E-state index in [1.807, 2.05) is 12.1 Å². The first-order valence-corrected chi connectivity index (χ1v) is 10.0. The van der Waals surface area contributed by atoms with Crippen LogP contribution in [0.4, 0.5) is 4.39 Å². The molecule has 2 aromatic carbocycles. The van der Waals surface area contributed by atoms with Crippen molar-refractivity contribution in [3.63, 3.8) is 0 Å². The highest BCUT2D eigenvalue weighted by Crippen LogP contribution is 2.38. The summed E-state index contributed by atoms with van der Waals surface area (Å²) < 4.78 is 34.7. The van der Waals surface area contributed by atoms with E-state index < -0.39 is 0 Å². The number of guanidine groups is 1. The normalized spacial score (nSPS) is 10.9. The van der Waals surface area contributed by atoms with E-state index in [1.54, 1.807) is 46.8 Å². The van der Waals surface area contributed by atoms with Gasteiger partial charge in [0.25, 0.3) is 0 Å². The summed E-state index contributed by atoms with van der Waals surface area (Å²) in [5, 5.41) is 6.50. The molecule has 0 atom stereocenters. The lowest BCUT2D eigenvalue weighted by atomic mass is 10.2. The standard InChI is InChI=1S/C23H27FN4O4.HI/c1-25-23(27-13-15-11-19(29-2)21(31-4)20(12-15)30-3)26-10-9-18-14-32-22(28-18)16-5-7-17(24)8-6-16;/h5-8,11-12,14H,9-10,13H2,1-4H3,(H2,25,26,27);1H. The van der Waals surface area contributed by atoms with Crippen LogP contribution in [0.2, 0.25) is 0 Å². The van der Waals surface area contributed by atoms with Crippen LogP contribution in [0.1, 0.15) is 11.3 Å². The highest BCUT2D eigenvalue weighted by molar-refractivity contribution is 14.0. The van der Waals surface area contributed by atoms with Gasteiger partial charge in [-0.25, -0.2) is 9.37 Å². The van der Waals surface area contributed by atoms with Gasteiger partial charge in [0.15, 0.2) is 17.5 Å². The van der Waals surface area contributed by atoms with Crippen molar-refractivity contribution in [2.75, 3.05) is 34.9 Å². The molecule has 3 rings (SSSR count). The van der Waals surface area contributed by atoms with Gasteiger partial charge in [-0.05, 0) is 42.0 Å². The summed E-state index contributed by atoms with van der Waals surface area (Å²) in [6, 6.07) is 9.80. The van der Waals surface area contributed by atoms with E-state index in [1.165, 1.54) is 12.1 Å². The molecule has 0 bridgehead atoms. The number of aromatic nitrogens is 1. The number of methoxy groups -OCH3 is 3. The van der Waals surface area contributed by atoms with Crippen molar-refractivity contribution in [3.8, 4) is 28.7 Å². The molecule has 0 spiro atoms. The van der Waals surface area contributed by atoms with E-state index in [9.17, 15) is 4.39 Å². The molecule has 0 aliphatic heterocycles. The molecule has 178 valence electrons. The lowest BCUT2D eigenvalue weighted by Crippen LogP contribution is -2.37. The third-order valence-electron chi connectivity index (χ3n) is 4.72. The van der Waals surface area contributed by atoms with Crippen LogP contribution in [-0.2, 0) is 13.0 Å². The number of ether oxygens (including phenoxy) is 3. The Morgan fingerprint density at radius 1 is 1.03 bits per heavy atom. The van der Waals surface area contributed by atoms with Gasteiger partial charge in [-0.1, -0.05) is 0 Å². The smallest absolute Gasteiger partial charge is 0.226 e. The maximum absolute atomic E-state index is 13.1. The summed E-state index contributed by atoms with van der Waals surface area (Å²) in [5.74, 6) is 2.54.